The van der Waals surface area contributed by atoms with E-state index in [-0.39, 0.29) is 33.5 Å². The highest BCUT2D eigenvalue weighted by atomic mass is 32.2. The van der Waals surface area contributed by atoms with Crippen molar-refractivity contribution in [2.24, 2.45) is 0 Å². The molecule has 0 aromatic heterocycles. The first kappa shape index (κ1) is 11.7. The third kappa shape index (κ3) is 3.10. The van der Waals surface area contributed by atoms with Gasteiger partial charge in [-0.1, -0.05) is 0 Å². The van der Waals surface area contributed by atoms with E-state index in [0.717, 1.165) is 0 Å². The molecule has 2 saturated heterocycles. The van der Waals surface area contributed by atoms with Crippen LogP contribution in [0.4, 0.5) is 0 Å². The molecular weight excluding hydrogens is 256 g/mol. The van der Waals surface area contributed by atoms with Crippen molar-refractivity contribution in [1.82, 2.24) is 0 Å². The Morgan fingerprint density at radius 3 is 1.47 bits per heavy atom. The lowest BCUT2D eigenvalue weighted by Crippen LogP contribution is -2.13. The van der Waals surface area contributed by atoms with E-state index in [2.05, 4.69) is 0 Å². The summed E-state index contributed by atoms with van der Waals surface area (Å²) in [5.74, 6) is 0.997. The standard InChI is InChI=1S/C8H14O4S3/c9-14(10)3-1-7(5-14)13-8-2-4-15(11,12)6-8/h7-8H,1-6H2/t7-,8+. The van der Waals surface area contributed by atoms with E-state index in [0.29, 0.717) is 12.8 Å². The summed E-state index contributed by atoms with van der Waals surface area (Å²) >= 11 is 1.56. The Morgan fingerprint density at radius 2 is 1.20 bits per heavy atom. The van der Waals surface area contributed by atoms with E-state index < -0.39 is 19.7 Å². The van der Waals surface area contributed by atoms with Crippen molar-refractivity contribution in [2.45, 2.75) is 23.3 Å². The van der Waals surface area contributed by atoms with E-state index in [1.165, 1.54) is 0 Å². The van der Waals surface area contributed by atoms with Gasteiger partial charge in [-0.2, -0.15) is 11.8 Å². The van der Waals surface area contributed by atoms with Gasteiger partial charge in [0.2, 0.25) is 0 Å². The van der Waals surface area contributed by atoms with Crippen molar-refractivity contribution in [3.8, 4) is 0 Å². The molecule has 0 radical (unpaired) electrons. The third-order valence-electron chi connectivity index (χ3n) is 2.77. The number of hydrogen-bond acceptors (Lipinski definition) is 5. The number of thioether (sulfide) groups is 1. The summed E-state index contributed by atoms with van der Waals surface area (Å²) in [5.41, 5.74) is 0. The first-order valence-electron chi connectivity index (χ1n) is 4.93. The van der Waals surface area contributed by atoms with Gasteiger partial charge in [-0.3, -0.25) is 0 Å². The number of rotatable bonds is 2. The highest BCUT2D eigenvalue weighted by Gasteiger charge is 2.34. The van der Waals surface area contributed by atoms with E-state index in [4.69, 9.17) is 0 Å². The van der Waals surface area contributed by atoms with E-state index >= 15 is 0 Å². The lowest BCUT2D eigenvalue weighted by Gasteiger charge is -2.12. The van der Waals surface area contributed by atoms with Crippen LogP contribution >= 0.6 is 11.8 Å². The van der Waals surface area contributed by atoms with E-state index in [1.807, 2.05) is 0 Å². The Hall–Kier alpha value is 0.250. The average Bonchev–Trinajstić information content (AvgIpc) is 2.56. The fourth-order valence-electron chi connectivity index (χ4n) is 2.01. The van der Waals surface area contributed by atoms with Crippen LogP contribution in [-0.2, 0) is 19.7 Å². The van der Waals surface area contributed by atoms with Gasteiger partial charge >= 0.3 is 0 Å². The fraction of sp³-hybridized carbons (Fsp3) is 1.00. The van der Waals surface area contributed by atoms with Crippen LogP contribution in [0.1, 0.15) is 12.8 Å². The zero-order valence-corrected chi connectivity index (χ0v) is 10.7. The number of hydrogen-bond donors (Lipinski definition) is 0. The van der Waals surface area contributed by atoms with Crippen LogP contribution in [0.3, 0.4) is 0 Å². The molecule has 0 unspecified atom stereocenters. The first-order chi connectivity index (χ1) is 6.86. The zero-order valence-electron chi connectivity index (χ0n) is 8.26. The van der Waals surface area contributed by atoms with E-state index in [9.17, 15) is 16.8 Å². The Labute approximate surface area is 94.7 Å². The minimum Gasteiger partial charge on any atom is -0.229 e. The molecule has 0 bridgehead atoms. The van der Waals surface area contributed by atoms with E-state index in [1.54, 1.807) is 11.8 Å². The molecule has 15 heavy (non-hydrogen) atoms. The van der Waals surface area contributed by atoms with Gasteiger partial charge in [-0.15, -0.1) is 0 Å². The normalized spacial score (nSPS) is 38.1. The zero-order chi connectivity index (χ0) is 11.1. The molecular formula is C8H14O4S3. The third-order valence-corrected chi connectivity index (χ3v) is 8.30. The van der Waals surface area contributed by atoms with Crippen molar-refractivity contribution in [2.75, 3.05) is 23.0 Å². The minimum atomic E-state index is -2.84. The predicted molar refractivity (Wildman–Crippen MR) is 61.7 cm³/mol. The average molecular weight is 270 g/mol. The van der Waals surface area contributed by atoms with Crippen LogP contribution in [0.5, 0.6) is 0 Å². The first-order valence-corrected chi connectivity index (χ1v) is 9.51. The Bertz CT molecular complexity index is 395. The predicted octanol–water partition coefficient (Wildman–Crippen LogP) is 0.0938. The molecule has 2 aliphatic rings. The summed E-state index contributed by atoms with van der Waals surface area (Å²) in [5, 5.41) is 0.238. The van der Waals surface area contributed by atoms with Crippen LogP contribution in [0, 0.1) is 0 Å². The largest absolute Gasteiger partial charge is 0.229 e. The van der Waals surface area contributed by atoms with Crippen LogP contribution in [0.25, 0.3) is 0 Å². The summed E-state index contributed by atoms with van der Waals surface area (Å²) in [4.78, 5) is 0. The molecule has 2 heterocycles. The maximum Gasteiger partial charge on any atom is 0.151 e. The van der Waals surface area contributed by atoms with Crippen LogP contribution in [-0.4, -0.2) is 50.3 Å². The minimum absolute atomic E-state index is 0.119. The fourth-order valence-corrected chi connectivity index (χ4v) is 8.32. The van der Waals surface area contributed by atoms with Crippen LogP contribution in [0.15, 0.2) is 0 Å². The van der Waals surface area contributed by atoms with Gasteiger partial charge in [0.05, 0.1) is 23.0 Å². The maximum absolute atomic E-state index is 11.2. The molecule has 7 heteroatoms. The quantitative estimate of drug-likeness (QED) is 0.711. The molecule has 2 aliphatic heterocycles. The van der Waals surface area contributed by atoms with Crippen molar-refractivity contribution in [3.63, 3.8) is 0 Å². The highest BCUT2D eigenvalue weighted by Crippen LogP contribution is 2.32. The van der Waals surface area contributed by atoms with Crippen LogP contribution < -0.4 is 0 Å². The summed E-state index contributed by atoms with van der Waals surface area (Å²) in [7, 11) is -5.67. The summed E-state index contributed by atoms with van der Waals surface area (Å²) in [6.07, 6.45) is 1.37. The van der Waals surface area contributed by atoms with Crippen LogP contribution in [0.2, 0.25) is 0 Å². The van der Waals surface area contributed by atoms with Gasteiger partial charge in [-0.25, -0.2) is 16.8 Å². The molecule has 0 saturated carbocycles. The molecule has 2 atom stereocenters. The molecule has 2 fully saturated rings. The van der Waals surface area contributed by atoms with Gasteiger partial charge in [0.15, 0.2) is 19.7 Å². The molecule has 88 valence electrons. The molecule has 4 nitrogen and oxygen atoms in total. The molecule has 0 aromatic rings. The SMILES string of the molecule is O=S1(=O)CC[C@@H](S[C@H]2CCS(=O)(=O)C2)C1. The molecule has 2 rings (SSSR count). The second-order valence-corrected chi connectivity index (χ2v) is 10.2. The second kappa shape index (κ2) is 3.92. The van der Waals surface area contributed by atoms with Gasteiger partial charge in [-0.05, 0) is 12.8 Å². The van der Waals surface area contributed by atoms with Crippen molar-refractivity contribution >= 4 is 31.4 Å². The van der Waals surface area contributed by atoms with Gasteiger partial charge < -0.3 is 0 Å². The Balaban J connectivity index is 1.90. The maximum atomic E-state index is 11.2. The lowest BCUT2D eigenvalue weighted by molar-refractivity contribution is 0.600. The summed E-state index contributed by atoms with van der Waals surface area (Å²) in [6, 6.07) is 0. The monoisotopic (exact) mass is 270 g/mol. The molecule has 0 aliphatic carbocycles. The number of sulfone groups is 2. The van der Waals surface area contributed by atoms with Gasteiger partial charge in [0.1, 0.15) is 0 Å². The molecule has 0 spiro atoms. The smallest absolute Gasteiger partial charge is 0.151 e. The summed E-state index contributed by atoms with van der Waals surface area (Å²) < 4.78 is 44.8. The topological polar surface area (TPSA) is 68.3 Å². The summed E-state index contributed by atoms with van der Waals surface area (Å²) in [6.45, 7) is 0. The van der Waals surface area contributed by atoms with Crippen molar-refractivity contribution in [1.29, 1.82) is 0 Å². The van der Waals surface area contributed by atoms with Gasteiger partial charge in [0, 0.05) is 10.5 Å². The molecule has 0 N–H and O–H groups in total. The Morgan fingerprint density at radius 1 is 0.800 bits per heavy atom. The van der Waals surface area contributed by atoms with Crippen molar-refractivity contribution < 1.29 is 16.8 Å². The Kier molecular flexibility index (Phi) is 3.07. The van der Waals surface area contributed by atoms with Crippen molar-refractivity contribution in [3.05, 3.63) is 0 Å². The highest BCUT2D eigenvalue weighted by molar-refractivity contribution is 8.03. The second-order valence-electron chi connectivity index (χ2n) is 4.19. The molecule has 0 aromatic carbocycles. The van der Waals surface area contributed by atoms with Gasteiger partial charge in [0.25, 0.3) is 0 Å². The molecule has 0 amide bonds. The lowest BCUT2D eigenvalue weighted by atomic mass is 10.4.